The molecule has 0 aliphatic carbocycles. The Bertz CT molecular complexity index is 1000. The van der Waals surface area contributed by atoms with E-state index >= 15 is 0 Å². The maximum atomic E-state index is 12.3. The quantitative estimate of drug-likeness (QED) is 0.704. The zero-order chi connectivity index (χ0) is 19.5. The minimum Gasteiger partial charge on any atom is -0.379 e. The van der Waals surface area contributed by atoms with Gasteiger partial charge in [-0.15, -0.1) is 0 Å². The number of hydrogen-bond acceptors (Lipinski definition) is 4. The number of anilines is 2. The molecule has 6 heteroatoms. The van der Waals surface area contributed by atoms with Crippen molar-refractivity contribution >= 4 is 17.0 Å². The molecule has 6 nitrogen and oxygen atoms in total. The summed E-state index contributed by atoms with van der Waals surface area (Å²) < 4.78 is 1.59. The molecule has 3 aromatic rings. The van der Waals surface area contributed by atoms with Gasteiger partial charge in [0.15, 0.2) is 0 Å². The van der Waals surface area contributed by atoms with Crippen molar-refractivity contribution in [1.82, 2.24) is 9.38 Å². The lowest BCUT2D eigenvalue weighted by Crippen LogP contribution is -3.14. The van der Waals surface area contributed by atoms with Crippen LogP contribution in [0.15, 0.2) is 53.5 Å². The van der Waals surface area contributed by atoms with Gasteiger partial charge in [-0.05, 0) is 49.7 Å². The second-order valence-corrected chi connectivity index (χ2v) is 7.51. The van der Waals surface area contributed by atoms with E-state index in [1.54, 1.807) is 15.4 Å². The van der Waals surface area contributed by atoms with Gasteiger partial charge in [0.2, 0.25) is 0 Å². The second-order valence-electron chi connectivity index (χ2n) is 7.51. The van der Waals surface area contributed by atoms with Gasteiger partial charge in [-0.1, -0.05) is 6.07 Å². The minimum absolute atomic E-state index is 0.0470. The van der Waals surface area contributed by atoms with Crippen molar-refractivity contribution in [3.8, 4) is 0 Å². The Labute approximate surface area is 165 Å². The second kappa shape index (κ2) is 8.02. The summed E-state index contributed by atoms with van der Waals surface area (Å²) in [6.45, 7) is 10.6. The number of likely N-dealkylation sites (N-methyl/N-ethyl adjacent to an activating group) is 1. The minimum atomic E-state index is -0.0470. The average molecular weight is 379 g/mol. The molecule has 0 unspecified atom stereocenters. The van der Waals surface area contributed by atoms with Crippen molar-refractivity contribution in [1.29, 1.82) is 0 Å². The molecule has 28 heavy (non-hydrogen) atoms. The summed E-state index contributed by atoms with van der Waals surface area (Å²) in [6, 6.07) is 14.0. The van der Waals surface area contributed by atoms with E-state index in [4.69, 9.17) is 0 Å². The van der Waals surface area contributed by atoms with Gasteiger partial charge in [0, 0.05) is 23.6 Å². The van der Waals surface area contributed by atoms with Crippen LogP contribution in [-0.4, -0.2) is 42.1 Å². The monoisotopic (exact) mass is 378 g/mol. The van der Waals surface area contributed by atoms with Gasteiger partial charge in [-0.25, -0.2) is 4.98 Å². The number of quaternary nitrogens is 1. The number of benzene rings is 1. The zero-order valence-electron chi connectivity index (χ0n) is 16.6. The topological polar surface area (TPSA) is 54.1 Å². The predicted octanol–water partition coefficient (Wildman–Crippen LogP) is 1.34. The molecule has 1 aliphatic heterocycles. The third-order valence-electron chi connectivity index (χ3n) is 5.54. The fourth-order valence-electron chi connectivity index (χ4n) is 3.77. The van der Waals surface area contributed by atoms with Crippen LogP contribution in [-0.2, 0) is 6.54 Å². The number of pyridine rings is 1. The number of nitrogens with one attached hydrogen (secondary N) is 2. The molecule has 0 atom stereocenters. The van der Waals surface area contributed by atoms with Crippen LogP contribution < -0.4 is 20.7 Å². The molecule has 1 fully saturated rings. The molecule has 146 valence electrons. The molecule has 1 saturated heterocycles. The van der Waals surface area contributed by atoms with Gasteiger partial charge < -0.3 is 15.1 Å². The molecule has 0 amide bonds. The molecule has 0 saturated carbocycles. The first-order valence-electron chi connectivity index (χ1n) is 10.0. The van der Waals surface area contributed by atoms with E-state index in [2.05, 4.69) is 46.4 Å². The molecule has 1 aromatic carbocycles. The molecule has 2 N–H and O–H groups in total. The molecule has 0 spiro atoms. The summed E-state index contributed by atoms with van der Waals surface area (Å²) >= 11 is 0. The number of aromatic nitrogens is 2. The van der Waals surface area contributed by atoms with Crippen LogP contribution in [0.5, 0.6) is 0 Å². The van der Waals surface area contributed by atoms with Gasteiger partial charge in [-0.2, -0.15) is 0 Å². The fourth-order valence-corrected chi connectivity index (χ4v) is 3.77. The normalized spacial score (nSPS) is 15.1. The maximum absolute atomic E-state index is 12.3. The van der Waals surface area contributed by atoms with E-state index in [0.717, 1.165) is 30.0 Å². The third-order valence-corrected chi connectivity index (χ3v) is 5.54. The number of fused-ring (bicyclic) bond motifs is 1. The van der Waals surface area contributed by atoms with Crippen LogP contribution in [0.25, 0.3) is 5.65 Å². The molecule has 2 aromatic heterocycles. The lowest BCUT2D eigenvalue weighted by Gasteiger charge is -2.33. The van der Waals surface area contributed by atoms with Crippen molar-refractivity contribution in [2.24, 2.45) is 0 Å². The highest BCUT2D eigenvalue weighted by Gasteiger charge is 2.18. The van der Waals surface area contributed by atoms with E-state index < -0.39 is 0 Å². The van der Waals surface area contributed by atoms with Gasteiger partial charge in [0.25, 0.3) is 5.56 Å². The van der Waals surface area contributed by atoms with Gasteiger partial charge in [0.1, 0.15) is 5.65 Å². The van der Waals surface area contributed by atoms with Crippen molar-refractivity contribution in [2.45, 2.75) is 20.4 Å². The summed E-state index contributed by atoms with van der Waals surface area (Å²) in [5.74, 6) is 0. The highest BCUT2D eigenvalue weighted by Crippen LogP contribution is 2.18. The molecule has 0 bridgehead atoms. The van der Waals surface area contributed by atoms with E-state index in [1.165, 1.54) is 25.3 Å². The lowest BCUT2D eigenvalue weighted by molar-refractivity contribution is -0.898. The van der Waals surface area contributed by atoms with Crippen LogP contribution in [0.4, 0.5) is 11.4 Å². The number of aryl methyl sites for hydroxylation is 1. The predicted molar refractivity (Wildman–Crippen MR) is 113 cm³/mol. The summed E-state index contributed by atoms with van der Waals surface area (Å²) in [4.78, 5) is 21.0. The van der Waals surface area contributed by atoms with E-state index in [0.29, 0.717) is 12.2 Å². The number of rotatable bonds is 5. The first-order valence-corrected chi connectivity index (χ1v) is 10.0. The SMILES string of the molecule is CC[NH+]1CCN(c2ccc(NCc3cc(=O)n4cc(C)ccc4n3)cc2)CC1. The molecule has 1 aliphatic rings. The summed E-state index contributed by atoms with van der Waals surface area (Å²) in [5.41, 5.74) is 4.73. The summed E-state index contributed by atoms with van der Waals surface area (Å²) in [7, 11) is 0. The van der Waals surface area contributed by atoms with Crippen LogP contribution >= 0.6 is 0 Å². The Hall–Kier alpha value is -2.86. The first-order chi connectivity index (χ1) is 13.6. The van der Waals surface area contributed by atoms with Gasteiger partial charge in [-0.3, -0.25) is 9.20 Å². The van der Waals surface area contributed by atoms with E-state index in [-0.39, 0.29) is 5.56 Å². The van der Waals surface area contributed by atoms with Crippen molar-refractivity contribution in [3.05, 3.63) is 70.3 Å². The van der Waals surface area contributed by atoms with Gasteiger partial charge in [0.05, 0.1) is 45.0 Å². The molecular formula is C22H28N5O+. The Morgan fingerprint density at radius 2 is 1.86 bits per heavy atom. The van der Waals surface area contributed by atoms with Crippen LogP contribution in [0, 0.1) is 6.92 Å². The molecule has 3 heterocycles. The number of piperazine rings is 1. The average Bonchev–Trinajstić information content (AvgIpc) is 2.73. The number of hydrogen-bond donors (Lipinski definition) is 2. The third kappa shape index (κ3) is 4.02. The fraction of sp³-hybridized carbons (Fsp3) is 0.364. The Kier molecular flexibility index (Phi) is 5.30. The Morgan fingerprint density at radius 3 is 2.57 bits per heavy atom. The number of nitrogens with zero attached hydrogens (tertiary/aromatic N) is 3. The largest absolute Gasteiger partial charge is 0.379 e. The zero-order valence-corrected chi connectivity index (χ0v) is 16.6. The van der Waals surface area contributed by atoms with Crippen molar-refractivity contribution in [2.75, 3.05) is 42.9 Å². The maximum Gasteiger partial charge on any atom is 0.258 e. The van der Waals surface area contributed by atoms with Crippen LogP contribution in [0.2, 0.25) is 0 Å². The molecule has 0 radical (unpaired) electrons. The smallest absolute Gasteiger partial charge is 0.258 e. The summed E-state index contributed by atoms with van der Waals surface area (Å²) in [6.07, 6.45) is 1.82. The molecule has 4 rings (SSSR count). The first kappa shape index (κ1) is 18.5. The Balaban J connectivity index is 1.41. The van der Waals surface area contributed by atoms with Crippen molar-refractivity contribution < 1.29 is 4.90 Å². The standard InChI is InChI=1S/C22H27N5O/c1-3-25-10-12-26(13-11-25)20-7-5-18(6-8-20)23-15-19-14-22(28)27-16-17(2)4-9-21(27)24-19/h4-9,14,16,23H,3,10-13,15H2,1-2H3/p+1. The highest BCUT2D eigenvalue weighted by molar-refractivity contribution is 5.55. The van der Waals surface area contributed by atoms with Crippen LogP contribution in [0.3, 0.4) is 0 Å². The summed E-state index contributed by atoms with van der Waals surface area (Å²) in [5, 5.41) is 3.38. The molecular weight excluding hydrogens is 350 g/mol. The van der Waals surface area contributed by atoms with E-state index in [9.17, 15) is 4.79 Å². The van der Waals surface area contributed by atoms with Gasteiger partial charge >= 0.3 is 0 Å². The van der Waals surface area contributed by atoms with Crippen molar-refractivity contribution in [3.63, 3.8) is 0 Å². The Morgan fingerprint density at radius 1 is 1.11 bits per heavy atom. The highest BCUT2D eigenvalue weighted by atomic mass is 16.1. The van der Waals surface area contributed by atoms with E-state index in [1.807, 2.05) is 25.3 Å². The van der Waals surface area contributed by atoms with Crippen LogP contribution in [0.1, 0.15) is 18.2 Å². The lowest BCUT2D eigenvalue weighted by atomic mass is 10.2.